The molecule has 16 heavy (non-hydrogen) atoms. The summed E-state index contributed by atoms with van der Waals surface area (Å²) in [7, 11) is 0. The van der Waals surface area contributed by atoms with Gasteiger partial charge in [-0.05, 0) is 6.42 Å². The maximum atomic E-state index is 12.2. The minimum absolute atomic E-state index is 0.208. The van der Waals surface area contributed by atoms with Crippen molar-refractivity contribution < 1.29 is 17.9 Å². The highest BCUT2D eigenvalue weighted by molar-refractivity contribution is 7.15. The van der Waals surface area contributed by atoms with Crippen LogP contribution in [-0.4, -0.2) is 30.0 Å². The molecule has 2 rings (SSSR count). The molecule has 90 valence electrons. The average molecular weight is 253 g/mol. The number of aromatic nitrogens is 2. The number of rotatable bonds is 3. The van der Waals surface area contributed by atoms with Crippen LogP contribution >= 0.6 is 11.3 Å². The van der Waals surface area contributed by atoms with Gasteiger partial charge >= 0.3 is 6.18 Å². The van der Waals surface area contributed by atoms with E-state index in [4.69, 9.17) is 4.74 Å². The average Bonchev–Trinajstić information content (AvgIpc) is 2.85. The smallest absolute Gasteiger partial charge is 0.381 e. The number of hydrogen-bond donors (Lipinski definition) is 1. The SMILES string of the molecule is FC(F)(F)c1nnc(NCC2CCOC2)s1. The van der Waals surface area contributed by atoms with Gasteiger partial charge in [-0.25, -0.2) is 0 Å². The molecule has 2 heterocycles. The minimum Gasteiger partial charge on any atom is -0.381 e. The summed E-state index contributed by atoms with van der Waals surface area (Å²) in [5, 5.41) is 8.66. The molecule has 1 aromatic heterocycles. The second-order valence-electron chi connectivity index (χ2n) is 3.52. The van der Waals surface area contributed by atoms with Crippen LogP contribution in [0.5, 0.6) is 0 Å². The van der Waals surface area contributed by atoms with Crippen molar-refractivity contribution in [3.8, 4) is 0 Å². The molecule has 8 heteroatoms. The zero-order valence-electron chi connectivity index (χ0n) is 8.25. The van der Waals surface area contributed by atoms with Gasteiger partial charge in [-0.2, -0.15) is 13.2 Å². The van der Waals surface area contributed by atoms with Crippen molar-refractivity contribution in [3.05, 3.63) is 5.01 Å². The molecule has 0 aliphatic carbocycles. The van der Waals surface area contributed by atoms with E-state index < -0.39 is 11.2 Å². The molecule has 1 aliphatic rings. The third-order valence-corrected chi connectivity index (χ3v) is 3.16. The van der Waals surface area contributed by atoms with Crippen molar-refractivity contribution in [2.45, 2.75) is 12.6 Å². The fourth-order valence-corrected chi connectivity index (χ4v) is 2.00. The second-order valence-corrected chi connectivity index (χ2v) is 4.50. The van der Waals surface area contributed by atoms with E-state index in [-0.39, 0.29) is 5.13 Å². The van der Waals surface area contributed by atoms with Gasteiger partial charge < -0.3 is 10.1 Å². The standard InChI is InChI=1S/C8H10F3N3OS/c9-8(10,11)6-13-14-7(16-6)12-3-5-1-2-15-4-5/h5H,1-4H2,(H,12,14). The van der Waals surface area contributed by atoms with E-state index in [2.05, 4.69) is 15.5 Å². The Morgan fingerprint density at radius 1 is 1.44 bits per heavy atom. The lowest BCUT2D eigenvalue weighted by Crippen LogP contribution is -2.13. The number of nitrogens with one attached hydrogen (secondary N) is 1. The molecule has 0 spiro atoms. The Kier molecular flexibility index (Phi) is 3.29. The van der Waals surface area contributed by atoms with Gasteiger partial charge in [0.2, 0.25) is 10.1 Å². The van der Waals surface area contributed by atoms with E-state index in [1.54, 1.807) is 0 Å². The van der Waals surface area contributed by atoms with Crippen LogP contribution in [0.3, 0.4) is 0 Å². The molecule has 1 fully saturated rings. The molecule has 1 unspecified atom stereocenters. The number of anilines is 1. The van der Waals surface area contributed by atoms with Crippen LogP contribution in [-0.2, 0) is 10.9 Å². The Bertz CT molecular complexity index is 349. The van der Waals surface area contributed by atoms with Gasteiger partial charge in [-0.3, -0.25) is 0 Å². The Morgan fingerprint density at radius 3 is 2.81 bits per heavy atom. The highest BCUT2D eigenvalue weighted by atomic mass is 32.1. The lowest BCUT2D eigenvalue weighted by Gasteiger charge is -2.06. The molecule has 0 aromatic carbocycles. The quantitative estimate of drug-likeness (QED) is 0.895. The highest BCUT2D eigenvalue weighted by Crippen LogP contribution is 2.33. The zero-order valence-corrected chi connectivity index (χ0v) is 9.07. The van der Waals surface area contributed by atoms with E-state index in [1.807, 2.05) is 0 Å². The van der Waals surface area contributed by atoms with E-state index >= 15 is 0 Å². The van der Waals surface area contributed by atoms with Gasteiger partial charge in [0, 0.05) is 19.1 Å². The lowest BCUT2D eigenvalue weighted by atomic mass is 10.1. The van der Waals surface area contributed by atoms with E-state index in [1.165, 1.54) is 0 Å². The molecule has 0 bridgehead atoms. The lowest BCUT2D eigenvalue weighted by molar-refractivity contribution is -0.138. The summed E-state index contributed by atoms with van der Waals surface area (Å²) >= 11 is 0.524. The van der Waals surface area contributed by atoms with Crippen LogP contribution in [0.25, 0.3) is 0 Å². The molecule has 1 atom stereocenters. The molecule has 4 nitrogen and oxygen atoms in total. The summed E-state index contributed by atoms with van der Waals surface area (Å²) in [6, 6.07) is 0. The maximum absolute atomic E-state index is 12.2. The highest BCUT2D eigenvalue weighted by Gasteiger charge is 2.35. The monoisotopic (exact) mass is 253 g/mol. The predicted molar refractivity (Wildman–Crippen MR) is 52.3 cm³/mol. The number of ether oxygens (including phenoxy) is 1. The minimum atomic E-state index is -4.41. The van der Waals surface area contributed by atoms with Gasteiger partial charge in [-0.15, -0.1) is 10.2 Å². The summed E-state index contributed by atoms with van der Waals surface area (Å²) in [6.07, 6.45) is -3.48. The first-order valence-corrected chi connectivity index (χ1v) is 5.59. The number of hydrogen-bond acceptors (Lipinski definition) is 5. The van der Waals surface area contributed by atoms with E-state index in [0.29, 0.717) is 30.4 Å². The summed E-state index contributed by atoms with van der Waals surface area (Å²) in [5.74, 6) is 0.346. The zero-order chi connectivity index (χ0) is 11.6. The fourth-order valence-electron chi connectivity index (χ4n) is 1.39. The van der Waals surface area contributed by atoms with Gasteiger partial charge in [0.1, 0.15) is 0 Å². The summed E-state index contributed by atoms with van der Waals surface area (Å²) in [4.78, 5) is 0. The van der Waals surface area contributed by atoms with Gasteiger partial charge in [0.25, 0.3) is 0 Å². The Balaban J connectivity index is 1.87. The Hall–Kier alpha value is -0.890. The van der Waals surface area contributed by atoms with Crippen LogP contribution in [0.15, 0.2) is 0 Å². The van der Waals surface area contributed by atoms with Crippen molar-refractivity contribution in [3.63, 3.8) is 0 Å². The molecule has 1 aliphatic heterocycles. The van der Waals surface area contributed by atoms with Gasteiger partial charge in [0.05, 0.1) is 6.61 Å². The number of nitrogens with zero attached hydrogens (tertiary/aromatic N) is 2. The first-order valence-electron chi connectivity index (χ1n) is 4.78. The molecule has 1 saturated heterocycles. The van der Waals surface area contributed by atoms with Gasteiger partial charge in [0.15, 0.2) is 0 Å². The van der Waals surface area contributed by atoms with E-state index in [9.17, 15) is 13.2 Å². The Labute approximate surface area is 93.8 Å². The van der Waals surface area contributed by atoms with E-state index in [0.717, 1.165) is 13.0 Å². The van der Waals surface area contributed by atoms with Crippen LogP contribution < -0.4 is 5.32 Å². The first kappa shape index (κ1) is 11.6. The van der Waals surface area contributed by atoms with Crippen molar-refractivity contribution in [1.29, 1.82) is 0 Å². The van der Waals surface area contributed by atoms with Crippen molar-refractivity contribution in [2.75, 3.05) is 25.1 Å². The summed E-state index contributed by atoms with van der Waals surface area (Å²) in [5.41, 5.74) is 0. The normalized spacial score (nSPS) is 21.3. The van der Waals surface area contributed by atoms with Crippen molar-refractivity contribution in [2.24, 2.45) is 5.92 Å². The number of halogens is 3. The summed E-state index contributed by atoms with van der Waals surface area (Å²) in [6.45, 7) is 1.95. The molecule has 0 saturated carbocycles. The molecule has 0 radical (unpaired) electrons. The fraction of sp³-hybridized carbons (Fsp3) is 0.750. The van der Waals surface area contributed by atoms with Crippen LogP contribution in [0.4, 0.5) is 18.3 Å². The van der Waals surface area contributed by atoms with Crippen LogP contribution in [0, 0.1) is 5.92 Å². The molecule has 1 aromatic rings. The first-order chi connectivity index (χ1) is 7.55. The number of alkyl halides is 3. The van der Waals surface area contributed by atoms with Crippen LogP contribution in [0.1, 0.15) is 11.4 Å². The third kappa shape index (κ3) is 2.82. The molecular weight excluding hydrogens is 243 g/mol. The maximum Gasteiger partial charge on any atom is 0.445 e. The van der Waals surface area contributed by atoms with Crippen molar-refractivity contribution >= 4 is 16.5 Å². The summed E-state index contributed by atoms with van der Waals surface area (Å²) < 4.78 is 41.8. The van der Waals surface area contributed by atoms with Crippen molar-refractivity contribution in [1.82, 2.24) is 10.2 Å². The molecule has 0 amide bonds. The largest absolute Gasteiger partial charge is 0.445 e. The third-order valence-electron chi connectivity index (χ3n) is 2.23. The second kappa shape index (κ2) is 4.54. The molecule has 1 N–H and O–H groups in total. The van der Waals surface area contributed by atoms with Crippen LogP contribution in [0.2, 0.25) is 0 Å². The molecular formula is C8H10F3N3OS. The Morgan fingerprint density at radius 2 is 2.25 bits per heavy atom. The predicted octanol–water partition coefficient (Wildman–Crippen LogP) is 2.01. The topological polar surface area (TPSA) is 47.0 Å². The van der Waals surface area contributed by atoms with Gasteiger partial charge in [-0.1, -0.05) is 11.3 Å².